The molecule has 3 nitrogen and oxygen atoms in total. The third kappa shape index (κ3) is 3.52. The van der Waals surface area contributed by atoms with E-state index in [1.165, 1.54) is 11.3 Å². The molecule has 0 saturated heterocycles. The lowest BCUT2D eigenvalue weighted by Gasteiger charge is -2.11. The van der Waals surface area contributed by atoms with Crippen LogP contribution in [0.3, 0.4) is 0 Å². The molecule has 0 saturated carbocycles. The zero-order valence-corrected chi connectivity index (χ0v) is 10.8. The molecule has 1 rings (SSSR count). The van der Waals surface area contributed by atoms with Crippen LogP contribution in [0.15, 0.2) is 16.3 Å². The summed E-state index contributed by atoms with van der Waals surface area (Å²) in [6.07, 6.45) is 1.98. The predicted octanol–water partition coefficient (Wildman–Crippen LogP) is 1.81. The Labute approximate surface area is 98.6 Å². The van der Waals surface area contributed by atoms with Gasteiger partial charge in [0.1, 0.15) is 4.88 Å². The van der Waals surface area contributed by atoms with Crippen LogP contribution in [0.5, 0.6) is 0 Å². The van der Waals surface area contributed by atoms with Gasteiger partial charge in [-0.25, -0.2) is 0 Å². The van der Waals surface area contributed by atoms with Crippen LogP contribution in [0.2, 0.25) is 0 Å². The van der Waals surface area contributed by atoms with Gasteiger partial charge >= 0.3 is 0 Å². The fourth-order valence-electron chi connectivity index (χ4n) is 1.05. The number of hydrogen-bond donors (Lipinski definition) is 2. The predicted molar refractivity (Wildman–Crippen MR) is 67.0 cm³/mol. The Morgan fingerprint density at radius 2 is 2.40 bits per heavy atom. The van der Waals surface area contributed by atoms with Crippen molar-refractivity contribution in [3.8, 4) is 0 Å². The van der Waals surface area contributed by atoms with Crippen molar-refractivity contribution in [2.45, 2.75) is 17.9 Å². The average molecular weight is 244 g/mol. The van der Waals surface area contributed by atoms with E-state index in [-0.39, 0.29) is 5.91 Å². The molecule has 2 N–H and O–H groups in total. The van der Waals surface area contributed by atoms with Crippen LogP contribution in [0, 0.1) is 0 Å². The van der Waals surface area contributed by atoms with Crippen molar-refractivity contribution in [3.05, 3.63) is 16.3 Å². The standard InChI is InChI=1S/C10H16N2OS2/c1-7(11-2)6-12-10(13)9-8(14-3)4-5-15-9/h4-5,7,11H,6H2,1-3H3,(H,12,13). The van der Waals surface area contributed by atoms with Crippen molar-refractivity contribution in [1.29, 1.82) is 0 Å². The summed E-state index contributed by atoms with van der Waals surface area (Å²) < 4.78 is 0. The fourth-order valence-corrected chi connectivity index (χ4v) is 2.72. The number of amides is 1. The lowest BCUT2D eigenvalue weighted by atomic mass is 10.3. The van der Waals surface area contributed by atoms with Crippen molar-refractivity contribution in [2.24, 2.45) is 0 Å². The monoisotopic (exact) mass is 244 g/mol. The van der Waals surface area contributed by atoms with Gasteiger partial charge in [-0.3, -0.25) is 4.79 Å². The maximum absolute atomic E-state index is 11.8. The van der Waals surface area contributed by atoms with E-state index in [9.17, 15) is 4.79 Å². The summed E-state index contributed by atoms with van der Waals surface area (Å²) in [7, 11) is 1.88. The molecule has 84 valence electrons. The average Bonchev–Trinajstić information content (AvgIpc) is 2.73. The summed E-state index contributed by atoms with van der Waals surface area (Å²) in [5.74, 6) is 0.0245. The van der Waals surface area contributed by atoms with Crippen LogP contribution in [-0.4, -0.2) is 31.8 Å². The Morgan fingerprint density at radius 1 is 1.67 bits per heavy atom. The van der Waals surface area contributed by atoms with Gasteiger partial charge in [0, 0.05) is 17.5 Å². The molecule has 0 aliphatic heterocycles. The van der Waals surface area contributed by atoms with Crippen LogP contribution in [0.1, 0.15) is 16.6 Å². The fraction of sp³-hybridized carbons (Fsp3) is 0.500. The van der Waals surface area contributed by atoms with E-state index in [0.29, 0.717) is 12.6 Å². The van der Waals surface area contributed by atoms with Gasteiger partial charge in [0.25, 0.3) is 5.91 Å². The normalized spacial score (nSPS) is 12.5. The quantitative estimate of drug-likeness (QED) is 0.776. The van der Waals surface area contributed by atoms with E-state index in [0.717, 1.165) is 9.77 Å². The highest BCUT2D eigenvalue weighted by molar-refractivity contribution is 7.98. The van der Waals surface area contributed by atoms with E-state index in [1.54, 1.807) is 11.8 Å². The Hall–Kier alpha value is -0.520. The molecule has 0 aliphatic carbocycles. The molecule has 1 aromatic heterocycles. The highest BCUT2D eigenvalue weighted by Crippen LogP contribution is 2.25. The smallest absolute Gasteiger partial charge is 0.262 e. The van der Waals surface area contributed by atoms with E-state index >= 15 is 0 Å². The van der Waals surface area contributed by atoms with Gasteiger partial charge in [0.15, 0.2) is 0 Å². The molecule has 0 radical (unpaired) electrons. The minimum absolute atomic E-state index is 0.0245. The lowest BCUT2D eigenvalue weighted by molar-refractivity contribution is 0.0952. The number of carbonyl (C=O) groups is 1. The zero-order valence-electron chi connectivity index (χ0n) is 9.16. The molecule has 0 aromatic carbocycles. The van der Waals surface area contributed by atoms with Crippen molar-refractivity contribution in [3.63, 3.8) is 0 Å². The SMILES string of the molecule is CNC(C)CNC(=O)c1sccc1SC. The summed E-state index contributed by atoms with van der Waals surface area (Å²) in [6, 6.07) is 2.28. The third-order valence-corrected chi connectivity index (χ3v) is 3.94. The Bertz CT molecular complexity index is 325. The molecule has 15 heavy (non-hydrogen) atoms. The molecule has 1 amide bonds. The first kappa shape index (κ1) is 12.5. The second kappa shape index (κ2) is 6.15. The van der Waals surface area contributed by atoms with Crippen LogP contribution in [-0.2, 0) is 0 Å². The van der Waals surface area contributed by atoms with Crippen molar-refractivity contribution >= 4 is 29.0 Å². The van der Waals surface area contributed by atoms with Gasteiger partial charge in [-0.15, -0.1) is 23.1 Å². The van der Waals surface area contributed by atoms with Crippen molar-refractivity contribution in [2.75, 3.05) is 19.8 Å². The van der Waals surface area contributed by atoms with E-state index in [2.05, 4.69) is 10.6 Å². The number of carbonyl (C=O) groups excluding carboxylic acids is 1. The molecule has 1 atom stereocenters. The second-order valence-corrected chi connectivity index (χ2v) is 4.98. The number of thioether (sulfide) groups is 1. The maximum atomic E-state index is 11.8. The minimum atomic E-state index is 0.0245. The highest BCUT2D eigenvalue weighted by atomic mass is 32.2. The maximum Gasteiger partial charge on any atom is 0.262 e. The number of rotatable bonds is 5. The molecular weight excluding hydrogens is 228 g/mol. The summed E-state index contributed by atoms with van der Waals surface area (Å²) in [5, 5.41) is 7.93. The third-order valence-electron chi connectivity index (χ3n) is 2.12. The molecule has 0 fully saturated rings. The van der Waals surface area contributed by atoms with Crippen LogP contribution < -0.4 is 10.6 Å². The summed E-state index contributed by atoms with van der Waals surface area (Å²) in [5.41, 5.74) is 0. The van der Waals surface area contributed by atoms with Crippen molar-refractivity contribution < 1.29 is 4.79 Å². The molecule has 5 heteroatoms. The van der Waals surface area contributed by atoms with Gasteiger partial charge in [0.2, 0.25) is 0 Å². The lowest BCUT2D eigenvalue weighted by Crippen LogP contribution is -2.37. The summed E-state index contributed by atoms with van der Waals surface area (Å²) >= 11 is 3.09. The van der Waals surface area contributed by atoms with Crippen molar-refractivity contribution in [1.82, 2.24) is 10.6 Å². The van der Waals surface area contributed by atoms with Crippen LogP contribution >= 0.6 is 23.1 Å². The van der Waals surface area contributed by atoms with Gasteiger partial charge in [-0.1, -0.05) is 0 Å². The number of thiophene rings is 1. The van der Waals surface area contributed by atoms with Gasteiger partial charge in [-0.2, -0.15) is 0 Å². The molecule has 1 aromatic rings. The molecule has 0 aliphatic rings. The highest BCUT2D eigenvalue weighted by Gasteiger charge is 2.12. The Kier molecular flexibility index (Phi) is 5.14. The molecular formula is C10H16N2OS2. The Morgan fingerprint density at radius 3 is 3.00 bits per heavy atom. The minimum Gasteiger partial charge on any atom is -0.350 e. The van der Waals surface area contributed by atoms with E-state index in [4.69, 9.17) is 0 Å². The first-order valence-electron chi connectivity index (χ1n) is 4.76. The van der Waals surface area contributed by atoms with Gasteiger partial charge < -0.3 is 10.6 Å². The largest absolute Gasteiger partial charge is 0.350 e. The second-order valence-electron chi connectivity index (χ2n) is 3.22. The number of hydrogen-bond acceptors (Lipinski definition) is 4. The van der Waals surface area contributed by atoms with Crippen LogP contribution in [0.25, 0.3) is 0 Å². The van der Waals surface area contributed by atoms with E-state index in [1.807, 2.05) is 31.7 Å². The zero-order chi connectivity index (χ0) is 11.3. The number of likely N-dealkylation sites (N-methyl/N-ethyl adjacent to an activating group) is 1. The topological polar surface area (TPSA) is 41.1 Å². The Balaban J connectivity index is 2.54. The van der Waals surface area contributed by atoms with Crippen LogP contribution in [0.4, 0.5) is 0 Å². The number of nitrogens with one attached hydrogen (secondary N) is 2. The van der Waals surface area contributed by atoms with Gasteiger partial charge in [-0.05, 0) is 31.7 Å². The first-order valence-corrected chi connectivity index (χ1v) is 6.86. The molecule has 0 bridgehead atoms. The van der Waals surface area contributed by atoms with E-state index < -0.39 is 0 Å². The summed E-state index contributed by atoms with van der Waals surface area (Å²) in [4.78, 5) is 13.6. The van der Waals surface area contributed by atoms with Gasteiger partial charge in [0.05, 0.1) is 0 Å². The molecule has 1 unspecified atom stereocenters. The molecule has 1 heterocycles. The summed E-state index contributed by atoms with van der Waals surface area (Å²) in [6.45, 7) is 2.69. The molecule has 0 spiro atoms. The first-order chi connectivity index (χ1) is 7.19.